The highest BCUT2D eigenvalue weighted by molar-refractivity contribution is 6.06. The van der Waals surface area contributed by atoms with Crippen molar-refractivity contribution in [2.24, 2.45) is 5.92 Å². The zero-order valence-corrected chi connectivity index (χ0v) is 13.5. The first-order chi connectivity index (χ1) is 11.1. The standard InChI is InChI=1S/C19H22N2O2/c1-14(2)11-12-20-18(22)15-7-6-8-16(13-15)19(23)21-17-9-4-3-5-10-17/h3-10,13-14H,11-12H2,1-2H3,(H,20,22)(H,21,23). The third-order valence-electron chi connectivity index (χ3n) is 3.43. The lowest BCUT2D eigenvalue weighted by atomic mass is 10.1. The number of hydrogen-bond donors (Lipinski definition) is 2. The second-order valence-electron chi connectivity index (χ2n) is 5.84. The molecule has 4 heteroatoms. The molecule has 0 aliphatic heterocycles. The average Bonchev–Trinajstić information content (AvgIpc) is 2.55. The minimum atomic E-state index is -0.229. The summed E-state index contributed by atoms with van der Waals surface area (Å²) in [5, 5.41) is 5.69. The van der Waals surface area contributed by atoms with E-state index in [-0.39, 0.29) is 11.8 Å². The van der Waals surface area contributed by atoms with Gasteiger partial charge in [-0.05, 0) is 42.7 Å². The Bertz CT molecular complexity index is 666. The topological polar surface area (TPSA) is 58.2 Å². The van der Waals surface area contributed by atoms with Gasteiger partial charge in [-0.3, -0.25) is 9.59 Å². The molecule has 0 heterocycles. The minimum Gasteiger partial charge on any atom is -0.352 e. The van der Waals surface area contributed by atoms with Gasteiger partial charge in [-0.15, -0.1) is 0 Å². The Hall–Kier alpha value is -2.62. The molecule has 0 spiro atoms. The number of anilines is 1. The predicted octanol–water partition coefficient (Wildman–Crippen LogP) is 3.71. The maximum absolute atomic E-state index is 12.2. The van der Waals surface area contributed by atoms with Crippen LogP contribution in [0.3, 0.4) is 0 Å². The molecule has 0 radical (unpaired) electrons. The van der Waals surface area contributed by atoms with E-state index in [2.05, 4.69) is 24.5 Å². The molecule has 0 fully saturated rings. The van der Waals surface area contributed by atoms with E-state index in [0.717, 1.165) is 12.1 Å². The van der Waals surface area contributed by atoms with Gasteiger partial charge in [0.25, 0.3) is 11.8 Å². The normalized spacial score (nSPS) is 10.4. The molecule has 0 saturated heterocycles. The molecular formula is C19H22N2O2. The van der Waals surface area contributed by atoms with Gasteiger partial charge in [0.1, 0.15) is 0 Å². The van der Waals surface area contributed by atoms with Gasteiger partial charge in [0.05, 0.1) is 0 Å². The van der Waals surface area contributed by atoms with Gasteiger partial charge < -0.3 is 10.6 Å². The zero-order chi connectivity index (χ0) is 16.7. The van der Waals surface area contributed by atoms with Crippen LogP contribution in [0, 0.1) is 5.92 Å². The number of carbonyl (C=O) groups is 2. The van der Waals surface area contributed by atoms with Crippen LogP contribution in [0.25, 0.3) is 0 Å². The SMILES string of the molecule is CC(C)CCNC(=O)c1cccc(C(=O)Nc2ccccc2)c1. The van der Waals surface area contributed by atoms with Crippen LogP contribution >= 0.6 is 0 Å². The third kappa shape index (κ3) is 5.25. The van der Waals surface area contributed by atoms with E-state index >= 15 is 0 Å². The lowest BCUT2D eigenvalue weighted by Gasteiger charge is -2.09. The lowest BCUT2D eigenvalue weighted by Crippen LogP contribution is -2.25. The van der Waals surface area contributed by atoms with Crippen LogP contribution in [0.1, 0.15) is 41.0 Å². The molecule has 0 bridgehead atoms. The van der Waals surface area contributed by atoms with Crippen molar-refractivity contribution in [3.05, 3.63) is 65.7 Å². The Morgan fingerprint density at radius 2 is 1.57 bits per heavy atom. The largest absolute Gasteiger partial charge is 0.352 e. The summed E-state index contributed by atoms with van der Waals surface area (Å²) < 4.78 is 0. The summed E-state index contributed by atoms with van der Waals surface area (Å²) in [6, 6.07) is 16.0. The van der Waals surface area contributed by atoms with Crippen molar-refractivity contribution >= 4 is 17.5 Å². The van der Waals surface area contributed by atoms with Crippen molar-refractivity contribution in [2.45, 2.75) is 20.3 Å². The zero-order valence-electron chi connectivity index (χ0n) is 13.5. The van der Waals surface area contributed by atoms with Gasteiger partial charge in [-0.2, -0.15) is 0 Å². The molecule has 0 atom stereocenters. The number of hydrogen-bond acceptors (Lipinski definition) is 2. The van der Waals surface area contributed by atoms with Crippen LogP contribution < -0.4 is 10.6 Å². The predicted molar refractivity (Wildman–Crippen MR) is 92.6 cm³/mol. The molecular weight excluding hydrogens is 288 g/mol. The monoisotopic (exact) mass is 310 g/mol. The smallest absolute Gasteiger partial charge is 0.255 e. The summed E-state index contributed by atoms with van der Waals surface area (Å²) in [4.78, 5) is 24.4. The summed E-state index contributed by atoms with van der Waals surface area (Å²) in [5.41, 5.74) is 1.68. The molecule has 0 aliphatic carbocycles. The van der Waals surface area contributed by atoms with Crippen molar-refractivity contribution in [1.29, 1.82) is 0 Å². The van der Waals surface area contributed by atoms with Crippen LogP contribution in [-0.2, 0) is 0 Å². The molecule has 0 aromatic heterocycles. The number of nitrogens with one attached hydrogen (secondary N) is 2. The Labute approximate surface area is 136 Å². The minimum absolute atomic E-state index is 0.153. The quantitative estimate of drug-likeness (QED) is 0.854. The highest BCUT2D eigenvalue weighted by atomic mass is 16.2. The molecule has 2 N–H and O–H groups in total. The van der Waals surface area contributed by atoms with E-state index in [1.165, 1.54) is 0 Å². The second kappa shape index (κ2) is 8.13. The van der Waals surface area contributed by atoms with Crippen LogP contribution in [0.5, 0.6) is 0 Å². The molecule has 2 rings (SSSR count). The Morgan fingerprint density at radius 3 is 2.22 bits per heavy atom. The first kappa shape index (κ1) is 16.7. The molecule has 0 saturated carbocycles. The van der Waals surface area contributed by atoms with Gasteiger partial charge in [0.15, 0.2) is 0 Å². The molecule has 4 nitrogen and oxygen atoms in total. The first-order valence-electron chi connectivity index (χ1n) is 7.81. The van der Waals surface area contributed by atoms with Crippen molar-refractivity contribution in [3.8, 4) is 0 Å². The maximum Gasteiger partial charge on any atom is 0.255 e. The fourth-order valence-electron chi connectivity index (χ4n) is 2.10. The van der Waals surface area contributed by atoms with E-state index in [0.29, 0.717) is 23.6 Å². The summed E-state index contributed by atoms with van der Waals surface area (Å²) >= 11 is 0. The Balaban J connectivity index is 2.01. The molecule has 0 unspecified atom stereocenters. The average molecular weight is 310 g/mol. The molecule has 23 heavy (non-hydrogen) atoms. The molecule has 120 valence electrons. The molecule has 2 amide bonds. The number of carbonyl (C=O) groups excluding carboxylic acids is 2. The van der Waals surface area contributed by atoms with Gasteiger partial charge in [-0.25, -0.2) is 0 Å². The number of para-hydroxylation sites is 1. The summed E-state index contributed by atoms with van der Waals surface area (Å²) in [7, 11) is 0. The van der Waals surface area contributed by atoms with E-state index in [1.807, 2.05) is 30.3 Å². The fourth-order valence-corrected chi connectivity index (χ4v) is 2.10. The van der Waals surface area contributed by atoms with Crippen molar-refractivity contribution < 1.29 is 9.59 Å². The van der Waals surface area contributed by atoms with E-state index in [9.17, 15) is 9.59 Å². The Morgan fingerprint density at radius 1 is 0.913 bits per heavy atom. The van der Waals surface area contributed by atoms with E-state index in [4.69, 9.17) is 0 Å². The molecule has 2 aromatic carbocycles. The Kier molecular flexibility index (Phi) is 5.92. The highest BCUT2D eigenvalue weighted by Crippen LogP contribution is 2.10. The second-order valence-corrected chi connectivity index (χ2v) is 5.84. The van der Waals surface area contributed by atoms with Crippen LogP contribution in [-0.4, -0.2) is 18.4 Å². The molecule has 2 aromatic rings. The van der Waals surface area contributed by atoms with Gasteiger partial charge >= 0.3 is 0 Å². The number of benzene rings is 2. The van der Waals surface area contributed by atoms with Crippen molar-refractivity contribution in [3.63, 3.8) is 0 Å². The summed E-state index contributed by atoms with van der Waals surface area (Å²) in [5.74, 6) is 0.159. The number of amides is 2. The summed E-state index contributed by atoms with van der Waals surface area (Å²) in [6.45, 7) is 4.86. The van der Waals surface area contributed by atoms with Crippen molar-refractivity contribution in [1.82, 2.24) is 5.32 Å². The first-order valence-corrected chi connectivity index (χ1v) is 7.81. The highest BCUT2D eigenvalue weighted by Gasteiger charge is 2.10. The molecule has 0 aliphatic rings. The third-order valence-corrected chi connectivity index (χ3v) is 3.43. The van der Waals surface area contributed by atoms with Gasteiger partial charge in [0.2, 0.25) is 0 Å². The van der Waals surface area contributed by atoms with Gasteiger partial charge in [-0.1, -0.05) is 38.1 Å². The van der Waals surface area contributed by atoms with E-state index in [1.54, 1.807) is 24.3 Å². The van der Waals surface area contributed by atoms with Gasteiger partial charge in [0, 0.05) is 23.4 Å². The maximum atomic E-state index is 12.2. The fraction of sp³-hybridized carbons (Fsp3) is 0.263. The van der Waals surface area contributed by atoms with Crippen LogP contribution in [0.2, 0.25) is 0 Å². The lowest BCUT2D eigenvalue weighted by molar-refractivity contribution is 0.0952. The van der Waals surface area contributed by atoms with E-state index < -0.39 is 0 Å². The number of rotatable bonds is 6. The summed E-state index contributed by atoms with van der Waals surface area (Å²) in [6.07, 6.45) is 0.930. The van der Waals surface area contributed by atoms with Crippen LogP contribution in [0.4, 0.5) is 5.69 Å². The van der Waals surface area contributed by atoms with Crippen molar-refractivity contribution in [2.75, 3.05) is 11.9 Å². The van der Waals surface area contributed by atoms with Crippen LogP contribution in [0.15, 0.2) is 54.6 Å².